The molecule has 45 heavy (non-hydrogen) atoms. The van der Waals surface area contributed by atoms with E-state index < -0.39 is 0 Å². The second kappa shape index (κ2) is 37.1. The first-order chi connectivity index (χ1) is 21.9. The van der Waals surface area contributed by atoms with Crippen molar-refractivity contribution in [3.05, 3.63) is 36.5 Å². The SMILES string of the molecule is C/C=C\CC1C(CCC(C)CCCCCCCCCC/C=C\C/C=C\CCCCC)CCC1NC.CN(S)CCC=O.O=CO. The molecule has 0 bridgehead atoms. The van der Waals surface area contributed by atoms with Gasteiger partial charge in [0.25, 0.3) is 6.47 Å². The van der Waals surface area contributed by atoms with Crippen LogP contribution in [0.1, 0.15) is 156 Å². The first kappa shape index (κ1) is 45.8. The largest absolute Gasteiger partial charge is 0.483 e. The maximum atomic E-state index is 9.65. The normalized spacial score (nSPS) is 18.7. The number of carboxylic acid groups (broad SMARTS) is 1. The Bertz CT molecular complexity index is 710. The van der Waals surface area contributed by atoms with E-state index in [1.807, 2.05) is 7.05 Å². The van der Waals surface area contributed by atoms with Crippen molar-refractivity contribution >= 4 is 25.6 Å². The van der Waals surface area contributed by atoms with Crippen molar-refractivity contribution in [2.24, 2.45) is 17.8 Å². The van der Waals surface area contributed by atoms with Crippen LogP contribution in [-0.4, -0.2) is 48.9 Å². The first-order valence-corrected chi connectivity index (χ1v) is 18.8. The third-order valence-electron chi connectivity index (χ3n) is 8.98. The highest BCUT2D eigenvalue weighted by atomic mass is 32.1. The quantitative estimate of drug-likeness (QED) is 0.0376. The summed E-state index contributed by atoms with van der Waals surface area (Å²) < 4.78 is 1.67. The van der Waals surface area contributed by atoms with Crippen LogP contribution in [0, 0.1) is 17.8 Å². The number of thiol groups is 1. The van der Waals surface area contributed by atoms with Crippen LogP contribution >= 0.6 is 12.8 Å². The molecular formula is C39H74N2O3S. The summed E-state index contributed by atoms with van der Waals surface area (Å²) in [5.41, 5.74) is 0. The molecule has 1 saturated carbocycles. The van der Waals surface area contributed by atoms with E-state index in [9.17, 15) is 4.79 Å². The third kappa shape index (κ3) is 32.4. The minimum atomic E-state index is -0.250. The molecule has 264 valence electrons. The second-order valence-electron chi connectivity index (χ2n) is 12.9. The van der Waals surface area contributed by atoms with E-state index in [0.29, 0.717) is 6.42 Å². The molecule has 6 heteroatoms. The summed E-state index contributed by atoms with van der Waals surface area (Å²) in [4.78, 5) is 18.0. The fourth-order valence-electron chi connectivity index (χ4n) is 6.23. The molecule has 0 spiro atoms. The maximum Gasteiger partial charge on any atom is 0.290 e. The molecule has 2 N–H and O–H groups in total. The van der Waals surface area contributed by atoms with Gasteiger partial charge in [-0.2, -0.15) is 0 Å². The average molecular weight is 651 g/mol. The number of hydrogen-bond donors (Lipinski definition) is 3. The lowest BCUT2D eigenvalue weighted by Crippen LogP contribution is -2.31. The number of aldehydes is 1. The number of nitrogens with one attached hydrogen (secondary N) is 1. The number of nitrogens with zero attached hydrogens (tertiary/aromatic N) is 1. The van der Waals surface area contributed by atoms with Gasteiger partial charge in [0.05, 0.1) is 0 Å². The maximum absolute atomic E-state index is 9.65. The molecule has 5 nitrogen and oxygen atoms in total. The zero-order chi connectivity index (χ0) is 33.8. The van der Waals surface area contributed by atoms with Gasteiger partial charge in [0.1, 0.15) is 6.29 Å². The molecule has 0 aromatic rings. The number of carbonyl (C=O) groups is 2. The molecule has 0 amide bonds. The molecule has 0 saturated heterocycles. The molecule has 0 aromatic carbocycles. The van der Waals surface area contributed by atoms with E-state index in [0.717, 1.165) is 43.0 Å². The fourth-order valence-corrected chi connectivity index (χ4v) is 6.35. The van der Waals surface area contributed by atoms with Crippen molar-refractivity contribution in [3.8, 4) is 0 Å². The van der Waals surface area contributed by atoms with Crippen LogP contribution in [0.15, 0.2) is 36.5 Å². The summed E-state index contributed by atoms with van der Waals surface area (Å²) in [6, 6.07) is 0.746. The highest BCUT2D eigenvalue weighted by molar-refractivity contribution is 7.77. The molecule has 1 rings (SSSR count). The van der Waals surface area contributed by atoms with E-state index in [2.05, 4.69) is 82.4 Å². The Labute approximate surface area is 285 Å². The summed E-state index contributed by atoms with van der Waals surface area (Å²) in [6.07, 6.45) is 43.1. The topological polar surface area (TPSA) is 69.6 Å². The van der Waals surface area contributed by atoms with Crippen LogP contribution in [0.2, 0.25) is 0 Å². The minimum absolute atomic E-state index is 0.250. The van der Waals surface area contributed by atoms with Crippen molar-refractivity contribution in [1.29, 1.82) is 0 Å². The van der Waals surface area contributed by atoms with Crippen LogP contribution in [0.5, 0.6) is 0 Å². The summed E-state index contributed by atoms with van der Waals surface area (Å²) in [5.74, 6) is 2.72. The smallest absolute Gasteiger partial charge is 0.290 e. The molecular weight excluding hydrogens is 577 g/mol. The van der Waals surface area contributed by atoms with E-state index in [1.165, 1.54) is 122 Å². The zero-order valence-electron chi connectivity index (χ0n) is 30.1. The van der Waals surface area contributed by atoms with E-state index >= 15 is 0 Å². The fraction of sp³-hybridized carbons (Fsp3) is 0.795. The molecule has 1 aliphatic rings. The van der Waals surface area contributed by atoms with E-state index in [4.69, 9.17) is 9.90 Å². The van der Waals surface area contributed by atoms with Gasteiger partial charge in [-0.25, -0.2) is 0 Å². The molecule has 0 heterocycles. The van der Waals surface area contributed by atoms with Gasteiger partial charge in [-0.15, -0.1) is 0 Å². The molecule has 0 aromatic heterocycles. The first-order valence-electron chi connectivity index (χ1n) is 18.4. The van der Waals surface area contributed by atoms with Gasteiger partial charge in [-0.05, 0) is 96.6 Å². The summed E-state index contributed by atoms with van der Waals surface area (Å²) >= 11 is 3.91. The Morgan fingerprint density at radius 3 is 1.93 bits per heavy atom. The van der Waals surface area contributed by atoms with E-state index in [-0.39, 0.29) is 6.47 Å². The molecule has 1 fully saturated rings. The highest BCUT2D eigenvalue weighted by Crippen LogP contribution is 2.38. The predicted octanol–water partition coefficient (Wildman–Crippen LogP) is 11.0. The van der Waals surface area contributed by atoms with Crippen molar-refractivity contribution in [3.63, 3.8) is 0 Å². The number of hydrogen-bond acceptors (Lipinski definition) is 5. The molecule has 1 aliphatic carbocycles. The van der Waals surface area contributed by atoms with Crippen molar-refractivity contribution < 1.29 is 14.7 Å². The van der Waals surface area contributed by atoms with Crippen LogP contribution in [0.25, 0.3) is 0 Å². The van der Waals surface area contributed by atoms with Crippen molar-refractivity contribution in [1.82, 2.24) is 9.62 Å². The summed E-state index contributed by atoms with van der Waals surface area (Å²) in [6.45, 7) is 7.42. The van der Waals surface area contributed by atoms with E-state index in [1.54, 1.807) is 4.31 Å². The van der Waals surface area contributed by atoms with Gasteiger partial charge >= 0.3 is 0 Å². The predicted molar refractivity (Wildman–Crippen MR) is 201 cm³/mol. The monoisotopic (exact) mass is 651 g/mol. The van der Waals surface area contributed by atoms with Crippen molar-refractivity contribution in [2.75, 3.05) is 20.6 Å². The lowest BCUT2D eigenvalue weighted by molar-refractivity contribution is -0.122. The third-order valence-corrected chi connectivity index (χ3v) is 9.18. The Morgan fingerprint density at radius 2 is 1.42 bits per heavy atom. The number of rotatable bonds is 26. The van der Waals surface area contributed by atoms with Crippen molar-refractivity contribution in [2.45, 2.75) is 162 Å². The van der Waals surface area contributed by atoms with Crippen LogP contribution in [0.4, 0.5) is 0 Å². The highest BCUT2D eigenvalue weighted by Gasteiger charge is 2.33. The molecule has 4 unspecified atom stereocenters. The Hall–Kier alpha value is -1.37. The van der Waals surface area contributed by atoms with Gasteiger partial charge in [-0.1, -0.05) is 134 Å². The summed E-state index contributed by atoms with van der Waals surface area (Å²) in [7, 11) is 3.97. The Balaban J connectivity index is 0. The molecule has 0 radical (unpaired) electrons. The number of carbonyl (C=O) groups excluding carboxylic acids is 1. The number of allylic oxidation sites excluding steroid dienone is 6. The standard InChI is InChI=1S/C34H63N.C4H9NOS.CH2O2/c1-5-7-9-10-11-12-13-14-15-16-17-18-19-20-21-22-23-24-25-31(3)27-28-32-29-30-34(35-4)33(32)26-8-6-2;1-5(7)3-2-4-6;2-1-3/h6,8,11-12,14-15,31-35H,5,7,9-10,13,16-30H2,1-4H3;4,7H,2-3H2,1H3;1H,(H,2,3)/b8-6-,12-11-,15-14-;;. The van der Waals surface area contributed by atoms with Crippen LogP contribution in [-0.2, 0) is 9.59 Å². The van der Waals surface area contributed by atoms with Crippen LogP contribution in [0.3, 0.4) is 0 Å². The molecule has 4 atom stereocenters. The Kier molecular flexibility index (Phi) is 37.7. The van der Waals surface area contributed by atoms with Gasteiger partial charge in [0.15, 0.2) is 0 Å². The minimum Gasteiger partial charge on any atom is -0.483 e. The summed E-state index contributed by atoms with van der Waals surface area (Å²) in [5, 5.41) is 10.5. The molecule has 0 aliphatic heterocycles. The van der Waals surface area contributed by atoms with Gasteiger partial charge < -0.3 is 15.2 Å². The average Bonchev–Trinajstić information content (AvgIpc) is 3.43. The zero-order valence-corrected chi connectivity index (χ0v) is 31.0. The lowest BCUT2D eigenvalue weighted by Gasteiger charge is -2.24. The number of unbranched alkanes of at least 4 members (excludes halogenated alkanes) is 11. The second-order valence-corrected chi connectivity index (χ2v) is 13.6. The lowest BCUT2D eigenvalue weighted by atomic mass is 9.84. The Morgan fingerprint density at radius 1 is 0.844 bits per heavy atom. The van der Waals surface area contributed by atoms with Gasteiger partial charge in [-0.3, -0.25) is 9.10 Å². The van der Waals surface area contributed by atoms with Gasteiger partial charge in [0.2, 0.25) is 0 Å². The van der Waals surface area contributed by atoms with Crippen LogP contribution < -0.4 is 5.32 Å². The van der Waals surface area contributed by atoms with Gasteiger partial charge in [0, 0.05) is 19.0 Å².